The highest BCUT2D eigenvalue weighted by molar-refractivity contribution is 7.09. The van der Waals surface area contributed by atoms with Gasteiger partial charge in [-0.2, -0.15) is 0 Å². The van der Waals surface area contributed by atoms with Crippen molar-refractivity contribution in [3.63, 3.8) is 0 Å². The molecule has 2 heterocycles. The number of hydrogen-bond donors (Lipinski definition) is 1. The van der Waals surface area contributed by atoms with Gasteiger partial charge in [-0.15, -0.1) is 23.7 Å². The van der Waals surface area contributed by atoms with Crippen molar-refractivity contribution in [2.24, 2.45) is 11.7 Å². The van der Waals surface area contributed by atoms with Gasteiger partial charge in [0.1, 0.15) is 16.5 Å². The molecule has 0 bridgehead atoms. The number of rotatable bonds is 5. The first-order chi connectivity index (χ1) is 11.3. The Kier molecular flexibility index (Phi) is 7.02. The lowest BCUT2D eigenvalue weighted by Crippen LogP contribution is -2.39. The van der Waals surface area contributed by atoms with Gasteiger partial charge in [-0.3, -0.25) is 4.79 Å². The summed E-state index contributed by atoms with van der Waals surface area (Å²) in [6, 6.07) is 9.86. The minimum absolute atomic E-state index is 0. The maximum absolute atomic E-state index is 12.4. The summed E-state index contributed by atoms with van der Waals surface area (Å²) in [6.07, 6.45) is 1.93. The molecule has 1 amide bonds. The summed E-state index contributed by atoms with van der Waals surface area (Å²) >= 11 is 1.44. The van der Waals surface area contributed by atoms with Crippen molar-refractivity contribution in [3.8, 4) is 5.75 Å². The third-order valence-corrected chi connectivity index (χ3v) is 4.95. The molecule has 2 aromatic rings. The van der Waals surface area contributed by atoms with Crippen molar-refractivity contribution in [2.75, 3.05) is 19.7 Å². The monoisotopic (exact) mass is 367 g/mol. The number of ether oxygens (including phenoxy) is 1. The molecule has 0 unspecified atom stereocenters. The van der Waals surface area contributed by atoms with Crippen LogP contribution in [0.5, 0.6) is 5.75 Å². The molecule has 0 aliphatic carbocycles. The van der Waals surface area contributed by atoms with Gasteiger partial charge in [0.2, 0.25) is 0 Å². The first-order valence-corrected chi connectivity index (χ1v) is 8.76. The highest BCUT2D eigenvalue weighted by atomic mass is 35.5. The van der Waals surface area contributed by atoms with Gasteiger partial charge in [0.05, 0.1) is 6.61 Å². The van der Waals surface area contributed by atoms with Crippen LogP contribution >= 0.6 is 23.7 Å². The van der Waals surface area contributed by atoms with Crippen LogP contribution in [-0.4, -0.2) is 35.5 Å². The molecule has 5 nitrogen and oxygen atoms in total. The van der Waals surface area contributed by atoms with Gasteiger partial charge in [-0.25, -0.2) is 4.98 Å². The number of aromatic nitrogens is 1. The molecule has 0 saturated carbocycles. The fourth-order valence-corrected chi connectivity index (χ4v) is 3.35. The van der Waals surface area contributed by atoms with Crippen molar-refractivity contribution in [3.05, 3.63) is 46.4 Å². The predicted molar refractivity (Wildman–Crippen MR) is 97.8 cm³/mol. The molecule has 130 valence electrons. The van der Waals surface area contributed by atoms with Crippen LogP contribution in [0, 0.1) is 5.92 Å². The van der Waals surface area contributed by atoms with Crippen LogP contribution in [0.15, 0.2) is 35.7 Å². The van der Waals surface area contributed by atoms with Gasteiger partial charge in [-0.05, 0) is 30.9 Å². The summed E-state index contributed by atoms with van der Waals surface area (Å²) in [5, 5.41) is 2.61. The van der Waals surface area contributed by atoms with Crippen LogP contribution in [0.3, 0.4) is 0 Å². The Labute approximate surface area is 152 Å². The van der Waals surface area contributed by atoms with E-state index in [1.54, 1.807) is 5.38 Å². The summed E-state index contributed by atoms with van der Waals surface area (Å²) in [5.74, 6) is 1.42. The molecule has 3 rings (SSSR count). The lowest BCUT2D eigenvalue weighted by molar-refractivity contribution is 0.0656. The molecule has 7 heteroatoms. The molecule has 1 aromatic heterocycles. The van der Waals surface area contributed by atoms with E-state index in [0.29, 0.717) is 24.8 Å². The molecule has 0 spiro atoms. The van der Waals surface area contributed by atoms with E-state index in [4.69, 9.17) is 10.5 Å². The van der Waals surface area contributed by atoms with Crippen LogP contribution in [-0.2, 0) is 6.54 Å². The smallest absolute Gasteiger partial charge is 0.273 e. The first kappa shape index (κ1) is 18.7. The van der Waals surface area contributed by atoms with Crippen LogP contribution in [0.4, 0.5) is 0 Å². The Balaban J connectivity index is 0.00000208. The van der Waals surface area contributed by atoms with Crippen LogP contribution in [0.2, 0.25) is 0 Å². The summed E-state index contributed by atoms with van der Waals surface area (Å²) in [5.41, 5.74) is 6.07. The zero-order valence-electron chi connectivity index (χ0n) is 13.4. The number of benzene rings is 1. The molecule has 1 fully saturated rings. The van der Waals surface area contributed by atoms with E-state index in [2.05, 4.69) is 4.98 Å². The van der Waals surface area contributed by atoms with E-state index in [1.165, 1.54) is 11.3 Å². The molecule has 1 aliphatic rings. The minimum Gasteiger partial charge on any atom is -0.493 e. The van der Waals surface area contributed by atoms with Crippen molar-refractivity contribution < 1.29 is 9.53 Å². The quantitative estimate of drug-likeness (QED) is 0.882. The second-order valence-corrected chi connectivity index (χ2v) is 6.63. The molecule has 0 radical (unpaired) electrons. The van der Waals surface area contributed by atoms with E-state index in [1.807, 2.05) is 35.2 Å². The summed E-state index contributed by atoms with van der Waals surface area (Å²) in [6.45, 7) is 2.62. The van der Waals surface area contributed by atoms with Gasteiger partial charge >= 0.3 is 0 Å². The van der Waals surface area contributed by atoms with E-state index in [-0.39, 0.29) is 18.3 Å². The number of carbonyl (C=O) groups excluding carboxylic acids is 1. The molecule has 0 atom stereocenters. The van der Waals surface area contributed by atoms with E-state index < -0.39 is 0 Å². The molecular weight excluding hydrogens is 346 g/mol. The zero-order chi connectivity index (χ0) is 16.1. The van der Waals surface area contributed by atoms with Crippen LogP contribution in [0.1, 0.15) is 28.3 Å². The normalized spacial score (nSPS) is 15.0. The van der Waals surface area contributed by atoms with E-state index in [0.717, 1.165) is 36.7 Å². The number of halogens is 1. The lowest BCUT2D eigenvalue weighted by atomic mass is 9.97. The predicted octanol–water partition coefficient (Wildman–Crippen LogP) is 2.95. The highest BCUT2D eigenvalue weighted by Gasteiger charge is 2.25. The minimum atomic E-state index is 0. The fraction of sp³-hybridized carbons (Fsp3) is 0.412. The summed E-state index contributed by atoms with van der Waals surface area (Å²) in [7, 11) is 0. The highest BCUT2D eigenvalue weighted by Crippen LogP contribution is 2.21. The molecule has 1 aromatic carbocycles. The van der Waals surface area contributed by atoms with E-state index >= 15 is 0 Å². The molecule has 1 saturated heterocycles. The Hall–Kier alpha value is -1.63. The average Bonchev–Trinajstić information content (AvgIpc) is 3.10. The van der Waals surface area contributed by atoms with Gasteiger partial charge < -0.3 is 15.4 Å². The Morgan fingerprint density at radius 1 is 1.29 bits per heavy atom. The number of amides is 1. The number of nitrogens with two attached hydrogens (primary N) is 1. The second-order valence-electron chi connectivity index (χ2n) is 5.69. The number of thiazole rings is 1. The largest absolute Gasteiger partial charge is 0.493 e. The number of carbonyl (C=O) groups is 1. The van der Waals surface area contributed by atoms with Crippen molar-refractivity contribution in [1.82, 2.24) is 9.88 Å². The topological polar surface area (TPSA) is 68.5 Å². The average molecular weight is 368 g/mol. The van der Waals surface area contributed by atoms with Crippen molar-refractivity contribution in [1.29, 1.82) is 0 Å². The van der Waals surface area contributed by atoms with Crippen molar-refractivity contribution in [2.45, 2.75) is 19.4 Å². The SMILES string of the molecule is Cl.NCc1nc(C(=O)N2CCC(COc3ccccc3)CC2)cs1. The number of para-hydroxylation sites is 1. The number of hydrogen-bond acceptors (Lipinski definition) is 5. The molecule has 24 heavy (non-hydrogen) atoms. The Morgan fingerprint density at radius 3 is 2.62 bits per heavy atom. The first-order valence-electron chi connectivity index (χ1n) is 7.88. The van der Waals surface area contributed by atoms with E-state index in [9.17, 15) is 4.79 Å². The van der Waals surface area contributed by atoms with Crippen LogP contribution < -0.4 is 10.5 Å². The third kappa shape index (κ3) is 4.69. The number of piperidine rings is 1. The molecular formula is C17H22ClN3O2S. The maximum atomic E-state index is 12.4. The molecule has 1 aliphatic heterocycles. The van der Waals surface area contributed by atoms with Gasteiger partial charge in [0, 0.05) is 25.0 Å². The summed E-state index contributed by atoms with van der Waals surface area (Å²) in [4.78, 5) is 18.6. The van der Waals surface area contributed by atoms with Crippen molar-refractivity contribution >= 4 is 29.7 Å². The summed E-state index contributed by atoms with van der Waals surface area (Å²) < 4.78 is 5.82. The zero-order valence-corrected chi connectivity index (χ0v) is 15.0. The Morgan fingerprint density at radius 2 is 2.00 bits per heavy atom. The molecule has 2 N–H and O–H groups in total. The van der Waals surface area contributed by atoms with Gasteiger partial charge in [-0.1, -0.05) is 18.2 Å². The standard InChI is InChI=1S/C17H21N3O2S.ClH/c18-10-16-19-15(12-23-16)17(21)20-8-6-13(7-9-20)11-22-14-4-2-1-3-5-14;/h1-5,12-13H,6-11,18H2;1H. The number of nitrogens with zero attached hydrogens (tertiary/aromatic N) is 2. The third-order valence-electron chi connectivity index (χ3n) is 4.08. The van der Waals surface area contributed by atoms with Gasteiger partial charge in [0.25, 0.3) is 5.91 Å². The van der Waals surface area contributed by atoms with Crippen LogP contribution in [0.25, 0.3) is 0 Å². The second kappa shape index (κ2) is 9.01. The lowest BCUT2D eigenvalue weighted by Gasteiger charge is -2.31. The van der Waals surface area contributed by atoms with Gasteiger partial charge in [0.15, 0.2) is 0 Å². The Bertz CT molecular complexity index is 642. The maximum Gasteiger partial charge on any atom is 0.273 e. The number of likely N-dealkylation sites (tertiary alicyclic amines) is 1. The fourth-order valence-electron chi connectivity index (χ4n) is 2.70.